The van der Waals surface area contributed by atoms with E-state index in [2.05, 4.69) is 15.3 Å². The van der Waals surface area contributed by atoms with Gasteiger partial charge in [0, 0.05) is 36.3 Å². The van der Waals surface area contributed by atoms with E-state index in [1.807, 2.05) is 4.90 Å². The highest BCUT2D eigenvalue weighted by atomic mass is 35.5. The Kier molecular flexibility index (Phi) is 8.68. The number of aromatic nitrogens is 2. The maximum atomic E-state index is 14.6. The number of methoxy groups -OCH3 is 1. The van der Waals surface area contributed by atoms with Crippen molar-refractivity contribution in [2.75, 3.05) is 37.4 Å². The summed E-state index contributed by atoms with van der Waals surface area (Å²) in [5.41, 5.74) is 5.59. The molecular formula is C28H30ClF3N6O5S. The molecule has 2 aliphatic rings. The number of ether oxygens (including phenoxy) is 2. The van der Waals surface area contributed by atoms with Crippen molar-refractivity contribution in [3.05, 3.63) is 59.1 Å². The second-order valence-electron chi connectivity index (χ2n) is 10.9. The fraction of sp³-hybridized carbons (Fsp3) is 0.393. The molecule has 2 saturated heterocycles. The van der Waals surface area contributed by atoms with Gasteiger partial charge in [-0.15, -0.1) is 0 Å². The highest BCUT2D eigenvalue weighted by molar-refractivity contribution is 7.89. The van der Waals surface area contributed by atoms with Crippen LogP contribution in [-0.4, -0.2) is 63.3 Å². The highest BCUT2D eigenvalue weighted by Crippen LogP contribution is 2.43. The lowest BCUT2D eigenvalue weighted by molar-refractivity contribution is -0.198. The lowest BCUT2D eigenvalue weighted by Gasteiger charge is -2.39. The lowest BCUT2D eigenvalue weighted by atomic mass is 9.76. The molecule has 1 aromatic heterocycles. The molecule has 1 spiro atoms. The van der Waals surface area contributed by atoms with Gasteiger partial charge in [0.1, 0.15) is 11.9 Å². The van der Waals surface area contributed by atoms with Crippen molar-refractivity contribution >= 4 is 39.4 Å². The van der Waals surface area contributed by atoms with E-state index < -0.39 is 28.2 Å². The molecule has 3 aromatic rings. The average Bonchev–Trinajstić information content (AvgIpc) is 3.38. The van der Waals surface area contributed by atoms with Crippen LogP contribution >= 0.6 is 11.6 Å². The first-order chi connectivity index (χ1) is 20.7. The van der Waals surface area contributed by atoms with Gasteiger partial charge in [-0.1, -0.05) is 29.8 Å². The van der Waals surface area contributed by atoms with Crippen LogP contribution in [0.5, 0.6) is 5.88 Å². The number of nitrogens with two attached hydrogens (primary N) is 2. The second kappa shape index (κ2) is 12.0. The Hall–Kier alpha value is -3.66. The number of primary sulfonamides is 1. The summed E-state index contributed by atoms with van der Waals surface area (Å²) in [6, 6.07) is 9.84. The Morgan fingerprint density at radius 2 is 1.89 bits per heavy atom. The van der Waals surface area contributed by atoms with Crippen molar-refractivity contribution in [3.8, 4) is 17.0 Å². The van der Waals surface area contributed by atoms with Gasteiger partial charge in [0.15, 0.2) is 0 Å². The summed E-state index contributed by atoms with van der Waals surface area (Å²) in [4.78, 5) is 21.7. The number of carbonyl (C=O) groups is 1. The minimum atomic E-state index is -4.93. The van der Waals surface area contributed by atoms with Crippen LogP contribution in [0.4, 0.5) is 24.9 Å². The molecule has 2 aliphatic heterocycles. The summed E-state index contributed by atoms with van der Waals surface area (Å²) < 4.78 is 78.0. The number of halogens is 4. The largest absolute Gasteiger partial charge is 0.468 e. The summed E-state index contributed by atoms with van der Waals surface area (Å²) in [7, 11) is -2.79. The monoisotopic (exact) mass is 654 g/mol. The number of nitrogens with one attached hydrogen (secondary N) is 1. The third-order valence-corrected chi connectivity index (χ3v) is 9.15. The van der Waals surface area contributed by atoms with Crippen LogP contribution in [-0.2, 0) is 19.6 Å². The number of carbonyl (C=O) groups excluding carboxylic acids is 1. The van der Waals surface area contributed by atoms with Crippen LogP contribution in [0.1, 0.15) is 30.9 Å². The summed E-state index contributed by atoms with van der Waals surface area (Å²) in [5, 5.41) is 8.58. The molecule has 11 nitrogen and oxygen atoms in total. The topological polar surface area (TPSA) is 163 Å². The van der Waals surface area contributed by atoms with Crippen LogP contribution in [0.3, 0.4) is 0 Å². The predicted octanol–water partition coefficient (Wildman–Crippen LogP) is 3.83. The Morgan fingerprint density at radius 1 is 1.16 bits per heavy atom. The fourth-order valence-corrected chi connectivity index (χ4v) is 6.48. The van der Waals surface area contributed by atoms with E-state index in [1.165, 1.54) is 43.5 Å². The first kappa shape index (κ1) is 31.8. The van der Waals surface area contributed by atoms with E-state index in [0.29, 0.717) is 44.7 Å². The molecule has 16 heteroatoms. The Labute approximate surface area is 256 Å². The smallest absolute Gasteiger partial charge is 0.429 e. The normalized spacial score (nSPS) is 19.1. The molecular weight excluding hydrogens is 625 g/mol. The zero-order valence-corrected chi connectivity index (χ0v) is 25.0. The number of piperidine rings is 1. The molecule has 5 rings (SSSR count). The van der Waals surface area contributed by atoms with Crippen molar-refractivity contribution in [1.29, 1.82) is 0 Å². The summed E-state index contributed by atoms with van der Waals surface area (Å²) in [6.07, 6.45) is -5.40. The summed E-state index contributed by atoms with van der Waals surface area (Å²) >= 11 is 6.14. The maximum absolute atomic E-state index is 14.6. The number of esters is 1. The van der Waals surface area contributed by atoms with Crippen LogP contribution in [0.2, 0.25) is 5.02 Å². The fourth-order valence-electron chi connectivity index (χ4n) is 5.74. The van der Waals surface area contributed by atoms with E-state index >= 15 is 0 Å². The lowest BCUT2D eigenvalue weighted by Crippen LogP contribution is -2.41. The first-order valence-electron chi connectivity index (χ1n) is 13.5. The molecule has 3 heterocycles. The molecule has 0 amide bonds. The molecule has 2 fully saturated rings. The van der Waals surface area contributed by atoms with Crippen molar-refractivity contribution in [2.24, 2.45) is 10.6 Å². The molecule has 44 heavy (non-hydrogen) atoms. The number of hydrogen-bond acceptors (Lipinski definition) is 10. The van der Waals surface area contributed by atoms with Crippen molar-refractivity contribution in [2.45, 2.75) is 42.5 Å². The molecule has 2 aromatic carbocycles. The predicted molar refractivity (Wildman–Crippen MR) is 156 cm³/mol. The van der Waals surface area contributed by atoms with E-state index in [-0.39, 0.29) is 50.0 Å². The molecule has 5 N–H and O–H groups in total. The Morgan fingerprint density at radius 3 is 2.55 bits per heavy atom. The number of sulfonamides is 1. The average molecular weight is 655 g/mol. The van der Waals surface area contributed by atoms with Gasteiger partial charge in [0.25, 0.3) is 0 Å². The van der Waals surface area contributed by atoms with Crippen molar-refractivity contribution in [3.63, 3.8) is 0 Å². The molecule has 0 radical (unpaired) electrons. The maximum Gasteiger partial charge on any atom is 0.429 e. The van der Waals surface area contributed by atoms with E-state index in [4.69, 9.17) is 31.9 Å². The van der Waals surface area contributed by atoms with Crippen LogP contribution < -0.4 is 25.8 Å². The molecule has 0 bridgehead atoms. The van der Waals surface area contributed by atoms with Crippen LogP contribution in [0.25, 0.3) is 11.1 Å². The Balaban J connectivity index is 1.42. The summed E-state index contributed by atoms with van der Waals surface area (Å²) in [5.74, 6) is -0.683. The van der Waals surface area contributed by atoms with Gasteiger partial charge >= 0.3 is 12.1 Å². The third-order valence-electron chi connectivity index (χ3n) is 8.01. The number of rotatable bonds is 7. The molecule has 2 atom stereocenters. The van der Waals surface area contributed by atoms with Gasteiger partial charge in [-0.2, -0.15) is 23.1 Å². The number of benzene rings is 2. The summed E-state index contributed by atoms with van der Waals surface area (Å²) in [6.45, 7) is 1.70. The third kappa shape index (κ3) is 6.85. The van der Waals surface area contributed by atoms with Gasteiger partial charge in [-0.25, -0.2) is 13.6 Å². The zero-order chi connectivity index (χ0) is 31.9. The van der Waals surface area contributed by atoms with Crippen LogP contribution in [0, 0.1) is 5.41 Å². The minimum absolute atomic E-state index is 0.00987. The van der Waals surface area contributed by atoms with E-state index in [9.17, 15) is 26.4 Å². The standard InChI is InChI=1S/C28H30ClF3N6O5S/c1-42-25(39)21-14-27(15-35-21)7-9-38(10-8-27)22-13-23(37-26(33)36-22)43-24(28(30,31)32)19-6-5-17(29)12-20(19)16-3-2-4-18(11-16)44(34,40)41/h2-6,11-13,21,24,35H,7-10,14-15H2,1H3,(H2,33,36,37)(H2,34,40,41)/t21?,24-/m1/s1. The van der Waals surface area contributed by atoms with Gasteiger partial charge in [0.2, 0.25) is 28.0 Å². The van der Waals surface area contributed by atoms with E-state index in [1.54, 1.807) is 0 Å². The van der Waals surface area contributed by atoms with E-state index in [0.717, 1.165) is 12.1 Å². The van der Waals surface area contributed by atoms with Crippen molar-refractivity contribution in [1.82, 2.24) is 15.3 Å². The first-order valence-corrected chi connectivity index (χ1v) is 15.5. The quantitative estimate of drug-likeness (QED) is 0.319. The van der Waals surface area contributed by atoms with Gasteiger partial charge in [-0.05, 0) is 60.1 Å². The zero-order valence-electron chi connectivity index (χ0n) is 23.5. The number of alkyl halides is 3. The van der Waals surface area contributed by atoms with Gasteiger partial charge in [-0.3, -0.25) is 4.79 Å². The minimum Gasteiger partial charge on any atom is -0.468 e. The number of nitrogen functional groups attached to an aromatic ring is 1. The molecule has 1 unspecified atom stereocenters. The molecule has 0 saturated carbocycles. The highest BCUT2D eigenvalue weighted by Gasteiger charge is 2.46. The van der Waals surface area contributed by atoms with Crippen LogP contribution in [0.15, 0.2) is 53.4 Å². The number of hydrogen-bond donors (Lipinski definition) is 3. The van der Waals surface area contributed by atoms with Gasteiger partial charge in [0.05, 0.1) is 12.0 Å². The molecule has 0 aliphatic carbocycles. The second-order valence-corrected chi connectivity index (χ2v) is 12.9. The number of anilines is 2. The molecule has 236 valence electrons. The van der Waals surface area contributed by atoms with Crippen molar-refractivity contribution < 1.29 is 35.9 Å². The Bertz CT molecular complexity index is 1670. The SMILES string of the molecule is COC(=O)C1CC2(CCN(c3cc(O[C@H](c4ccc(Cl)cc4-c4cccc(S(N)(=O)=O)c4)C(F)(F)F)nc(N)n3)CC2)CN1. The number of nitrogens with zero attached hydrogens (tertiary/aromatic N) is 3. The van der Waals surface area contributed by atoms with Gasteiger partial charge < -0.3 is 25.4 Å².